The fraction of sp³-hybridized carbons (Fsp3) is 0.391. The molecule has 1 fully saturated rings. The number of amides is 1. The predicted octanol–water partition coefficient (Wildman–Crippen LogP) is 3.79. The van der Waals surface area contributed by atoms with Gasteiger partial charge in [0.1, 0.15) is 17.1 Å². The lowest BCUT2D eigenvalue weighted by molar-refractivity contribution is -0.135. The van der Waals surface area contributed by atoms with Crippen LogP contribution in [0.4, 0.5) is 0 Å². The minimum absolute atomic E-state index is 0.0875. The minimum atomic E-state index is -0.472. The summed E-state index contributed by atoms with van der Waals surface area (Å²) in [6.07, 6.45) is 2.10. The Morgan fingerprint density at radius 2 is 1.82 bits per heavy atom. The van der Waals surface area contributed by atoms with Gasteiger partial charge in [-0.25, -0.2) is 0 Å². The molecule has 2 aromatic carbocycles. The monoisotopic (exact) mass is 379 g/mol. The largest absolute Gasteiger partial charge is 0.493 e. The maximum atomic E-state index is 12.5. The maximum absolute atomic E-state index is 12.5. The predicted molar refractivity (Wildman–Crippen MR) is 106 cm³/mol. The van der Waals surface area contributed by atoms with Gasteiger partial charge in [0.15, 0.2) is 5.78 Å². The Morgan fingerprint density at radius 1 is 1.11 bits per heavy atom. The molecule has 1 amide bonds. The number of fused-ring (bicyclic) bond motifs is 1. The summed E-state index contributed by atoms with van der Waals surface area (Å²) >= 11 is 0. The van der Waals surface area contributed by atoms with Crippen LogP contribution in [0.15, 0.2) is 48.5 Å². The molecule has 0 saturated carbocycles. The molecule has 28 heavy (non-hydrogen) atoms. The number of carbonyl (C=O) groups is 2. The van der Waals surface area contributed by atoms with Crippen LogP contribution in [0.25, 0.3) is 0 Å². The number of hydrogen-bond donors (Lipinski definition) is 0. The number of ketones is 1. The molecule has 146 valence electrons. The van der Waals surface area contributed by atoms with Crippen LogP contribution >= 0.6 is 0 Å². The number of rotatable bonds is 4. The third kappa shape index (κ3) is 3.88. The average Bonchev–Trinajstić information content (AvgIpc) is 2.70. The Kier molecular flexibility index (Phi) is 5.07. The lowest BCUT2D eigenvalue weighted by atomic mass is 9.82. The molecule has 1 spiro atoms. The molecule has 0 N–H and O–H groups in total. The number of benzene rings is 2. The van der Waals surface area contributed by atoms with E-state index in [0.29, 0.717) is 56.7 Å². The first kappa shape index (κ1) is 18.5. The minimum Gasteiger partial charge on any atom is -0.493 e. The number of Topliss-reactive ketones (excluding diaryl/α,β-unsaturated/α-hetero) is 1. The maximum Gasteiger partial charge on any atom is 0.226 e. The molecule has 2 aliphatic rings. The number of aryl methyl sites for hydroxylation is 1. The molecule has 2 aromatic rings. The Hall–Kier alpha value is -2.82. The first-order valence-electron chi connectivity index (χ1n) is 9.83. The zero-order valence-electron chi connectivity index (χ0n) is 16.1. The average molecular weight is 379 g/mol. The Morgan fingerprint density at radius 3 is 2.57 bits per heavy atom. The van der Waals surface area contributed by atoms with Gasteiger partial charge in [-0.1, -0.05) is 29.8 Å². The molecule has 2 heterocycles. The molecule has 4 rings (SSSR count). The van der Waals surface area contributed by atoms with Crippen molar-refractivity contribution in [2.45, 2.75) is 38.2 Å². The molecular formula is C23H25NO4. The third-order valence-corrected chi connectivity index (χ3v) is 5.63. The molecule has 5 heteroatoms. The summed E-state index contributed by atoms with van der Waals surface area (Å²) in [5.74, 6) is 1.67. The van der Waals surface area contributed by atoms with Crippen LogP contribution in [0, 0.1) is 6.92 Å². The van der Waals surface area contributed by atoms with E-state index in [1.165, 1.54) is 5.56 Å². The quantitative estimate of drug-likeness (QED) is 0.811. The SMILES string of the molecule is Cc1ccc(OCCC(=O)N2CCC3(CC2)CC(=O)c2ccccc2O3)cc1. The highest BCUT2D eigenvalue weighted by Crippen LogP contribution is 2.39. The van der Waals surface area contributed by atoms with E-state index in [2.05, 4.69) is 0 Å². The highest BCUT2D eigenvalue weighted by Gasteiger charge is 2.43. The molecule has 0 aromatic heterocycles. The van der Waals surface area contributed by atoms with Crippen molar-refractivity contribution >= 4 is 11.7 Å². The van der Waals surface area contributed by atoms with E-state index in [-0.39, 0.29) is 11.7 Å². The van der Waals surface area contributed by atoms with E-state index in [1.54, 1.807) is 0 Å². The fourth-order valence-electron chi connectivity index (χ4n) is 3.93. The topological polar surface area (TPSA) is 55.8 Å². The zero-order valence-corrected chi connectivity index (χ0v) is 16.1. The number of hydrogen-bond acceptors (Lipinski definition) is 4. The van der Waals surface area contributed by atoms with Crippen LogP contribution in [0.2, 0.25) is 0 Å². The second-order valence-corrected chi connectivity index (χ2v) is 7.67. The third-order valence-electron chi connectivity index (χ3n) is 5.63. The van der Waals surface area contributed by atoms with Crippen LogP contribution in [-0.4, -0.2) is 41.9 Å². The highest BCUT2D eigenvalue weighted by atomic mass is 16.5. The van der Waals surface area contributed by atoms with Crippen molar-refractivity contribution in [1.82, 2.24) is 4.90 Å². The van der Waals surface area contributed by atoms with E-state index in [0.717, 1.165) is 5.75 Å². The summed E-state index contributed by atoms with van der Waals surface area (Å²) in [5, 5.41) is 0. The Balaban J connectivity index is 1.29. The van der Waals surface area contributed by atoms with Crippen molar-refractivity contribution in [2.75, 3.05) is 19.7 Å². The Bertz CT molecular complexity index is 866. The van der Waals surface area contributed by atoms with Gasteiger partial charge in [0.05, 0.1) is 25.0 Å². The van der Waals surface area contributed by atoms with Gasteiger partial charge >= 0.3 is 0 Å². The second kappa shape index (κ2) is 7.66. The summed E-state index contributed by atoms with van der Waals surface area (Å²) in [7, 11) is 0. The molecule has 1 saturated heterocycles. The van der Waals surface area contributed by atoms with Gasteiger partial charge in [-0.15, -0.1) is 0 Å². The van der Waals surface area contributed by atoms with Gasteiger partial charge in [0, 0.05) is 25.9 Å². The number of piperidine rings is 1. The number of ether oxygens (including phenoxy) is 2. The first-order valence-corrected chi connectivity index (χ1v) is 9.83. The fourth-order valence-corrected chi connectivity index (χ4v) is 3.93. The summed E-state index contributed by atoms with van der Waals surface area (Å²) < 4.78 is 11.9. The van der Waals surface area contributed by atoms with Crippen molar-refractivity contribution in [3.63, 3.8) is 0 Å². The summed E-state index contributed by atoms with van der Waals surface area (Å²) in [5.41, 5.74) is 1.37. The highest BCUT2D eigenvalue weighted by molar-refractivity contribution is 6.00. The van der Waals surface area contributed by atoms with Crippen LogP contribution in [-0.2, 0) is 4.79 Å². The van der Waals surface area contributed by atoms with Crippen molar-refractivity contribution in [3.8, 4) is 11.5 Å². The lowest BCUT2D eigenvalue weighted by Crippen LogP contribution is -2.52. The molecule has 0 atom stereocenters. The molecular weight excluding hydrogens is 354 g/mol. The van der Waals surface area contributed by atoms with Crippen molar-refractivity contribution < 1.29 is 19.1 Å². The van der Waals surface area contributed by atoms with E-state index >= 15 is 0 Å². The molecule has 0 unspecified atom stereocenters. The van der Waals surface area contributed by atoms with Crippen molar-refractivity contribution in [3.05, 3.63) is 59.7 Å². The van der Waals surface area contributed by atoms with E-state index in [4.69, 9.17) is 9.47 Å². The zero-order chi connectivity index (χ0) is 19.6. The normalized spacial score (nSPS) is 17.8. The van der Waals surface area contributed by atoms with E-state index in [9.17, 15) is 9.59 Å². The van der Waals surface area contributed by atoms with Gasteiger partial charge in [-0.2, -0.15) is 0 Å². The summed E-state index contributed by atoms with van der Waals surface area (Å²) in [6.45, 7) is 3.61. The number of carbonyl (C=O) groups excluding carboxylic acids is 2. The van der Waals surface area contributed by atoms with Crippen LogP contribution in [0.5, 0.6) is 11.5 Å². The standard InChI is InChI=1S/C23H25NO4/c1-17-6-8-18(9-7-17)27-15-10-22(26)24-13-11-23(12-14-24)16-20(25)19-4-2-3-5-21(19)28-23/h2-9H,10-16H2,1H3. The molecule has 0 aliphatic carbocycles. The molecule has 2 aliphatic heterocycles. The summed E-state index contributed by atoms with van der Waals surface area (Å²) in [6, 6.07) is 15.2. The molecule has 0 bridgehead atoms. The number of likely N-dealkylation sites (tertiary alicyclic amines) is 1. The smallest absolute Gasteiger partial charge is 0.226 e. The van der Waals surface area contributed by atoms with Crippen molar-refractivity contribution in [1.29, 1.82) is 0 Å². The first-order chi connectivity index (χ1) is 13.5. The summed E-state index contributed by atoms with van der Waals surface area (Å²) in [4.78, 5) is 26.9. The number of para-hydroxylation sites is 1. The number of nitrogens with zero attached hydrogens (tertiary/aromatic N) is 1. The van der Waals surface area contributed by atoms with Gasteiger partial charge < -0.3 is 14.4 Å². The van der Waals surface area contributed by atoms with Crippen LogP contribution in [0.3, 0.4) is 0 Å². The molecule has 0 radical (unpaired) electrons. The van der Waals surface area contributed by atoms with Gasteiger partial charge in [0.25, 0.3) is 0 Å². The van der Waals surface area contributed by atoms with Crippen LogP contribution < -0.4 is 9.47 Å². The van der Waals surface area contributed by atoms with Crippen LogP contribution in [0.1, 0.15) is 41.6 Å². The molecule has 5 nitrogen and oxygen atoms in total. The van der Waals surface area contributed by atoms with Gasteiger partial charge in [0.2, 0.25) is 5.91 Å². The Labute approximate surface area is 165 Å². The lowest BCUT2D eigenvalue weighted by Gasteiger charge is -2.44. The van der Waals surface area contributed by atoms with E-state index in [1.807, 2.05) is 60.4 Å². The van der Waals surface area contributed by atoms with Gasteiger partial charge in [-0.05, 0) is 31.2 Å². The second-order valence-electron chi connectivity index (χ2n) is 7.67. The van der Waals surface area contributed by atoms with Gasteiger partial charge in [-0.3, -0.25) is 9.59 Å². The van der Waals surface area contributed by atoms with Crippen molar-refractivity contribution in [2.24, 2.45) is 0 Å². The van der Waals surface area contributed by atoms with E-state index < -0.39 is 5.60 Å².